The van der Waals surface area contributed by atoms with Crippen molar-refractivity contribution in [2.75, 3.05) is 13.7 Å². The van der Waals surface area contributed by atoms with Crippen LogP contribution in [0.3, 0.4) is 0 Å². The number of rotatable bonds is 6. The maximum Gasteiger partial charge on any atom is 0.338 e. The summed E-state index contributed by atoms with van der Waals surface area (Å²) >= 11 is 0. The third-order valence-corrected chi connectivity index (χ3v) is 3.95. The molecule has 0 fully saturated rings. The zero-order valence-electron chi connectivity index (χ0n) is 14.5. The molecule has 0 aliphatic rings. The van der Waals surface area contributed by atoms with Gasteiger partial charge in [0.25, 0.3) is 0 Å². The van der Waals surface area contributed by atoms with Gasteiger partial charge in [0.05, 0.1) is 12.2 Å². The zero-order chi connectivity index (χ0) is 17.7. The number of aryl methyl sites for hydroxylation is 3. The number of ketones is 1. The number of carbonyl (C=O) groups is 2. The lowest BCUT2D eigenvalue weighted by Crippen LogP contribution is -2.15. The number of methoxy groups -OCH3 is 1. The van der Waals surface area contributed by atoms with Gasteiger partial charge < -0.3 is 9.47 Å². The maximum absolute atomic E-state index is 12.3. The van der Waals surface area contributed by atoms with E-state index >= 15 is 0 Å². The summed E-state index contributed by atoms with van der Waals surface area (Å²) in [6.07, 6.45) is 0. The van der Waals surface area contributed by atoms with E-state index in [0.29, 0.717) is 17.7 Å². The number of esters is 1. The molecule has 0 aromatic heterocycles. The predicted octanol–water partition coefficient (Wildman–Crippen LogP) is 3.80. The molecule has 0 aliphatic heterocycles. The molecule has 0 saturated heterocycles. The number of benzene rings is 2. The van der Waals surface area contributed by atoms with Crippen molar-refractivity contribution in [3.05, 3.63) is 69.8 Å². The van der Waals surface area contributed by atoms with E-state index in [1.807, 2.05) is 39.0 Å². The Morgan fingerprint density at radius 3 is 2.38 bits per heavy atom. The highest BCUT2D eigenvalue weighted by Crippen LogP contribution is 2.16. The molecule has 0 N–H and O–H groups in total. The van der Waals surface area contributed by atoms with Gasteiger partial charge in [0, 0.05) is 12.7 Å². The van der Waals surface area contributed by atoms with E-state index in [0.717, 1.165) is 22.3 Å². The van der Waals surface area contributed by atoms with Gasteiger partial charge in [0.1, 0.15) is 0 Å². The second kappa shape index (κ2) is 7.88. The van der Waals surface area contributed by atoms with E-state index in [2.05, 4.69) is 0 Å². The first-order valence-electron chi connectivity index (χ1n) is 7.78. The lowest BCUT2D eigenvalue weighted by Gasteiger charge is -2.10. The van der Waals surface area contributed by atoms with Crippen molar-refractivity contribution in [3.63, 3.8) is 0 Å². The van der Waals surface area contributed by atoms with Gasteiger partial charge in [-0.15, -0.1) is 0 Å². The number of hydrogen-bond donors (Lipinski definition) is 0. The maximum atomic E-state index is 12.3. The van der Waals surface area contributed by atoms with Crippen molar-refractivity contribution in [1.29, 1.82) is 0 Å². The first-order chi connectivity index (χ1) is 11.4. The van der Waals surface area contributed by atoms with Crippen LogP contribution in [0.2, 0.25) is 0 Å². The van der Waals surface area contributed by atoms with Crippen LogP contribution in [0.1, 0.15) is 43.0 Å². The molecule has 0 amide bonds. The van der Waals surface area contributed by atoms with Crippen molar-refractivity contribution in [2.45, 2.75) is 27.4 Å². The van der Waals surface area contributed by atoms with Gasteiger partial charge in [0.15, 0.2) is 6.61 Å². The first-order valence-corrected chi connectivity index (χ1v) is 7.78. The van der Waals surface area contributed by atoms with Gasteiger partial charge in [-0.3, -0.25) is 4.79 Å². The second-order valence-corrected chi connectivity index (χ2v) is 5.88. The number of ether oxygens (including phenoxy) is 2. The Morgan fingerprint density at radius 1 is 0.958 bits per heavy atom. The van der Waals surface area contributed by atoms with Crippen molar-refractivity contribution in [1.82, 2.24) is 0 Å². The molecule has 0 saturated carbocycles. The fraction of sp³-hybridized carbons (Fsp3) is 0.300. The molecule has 0 spiro atoms. The fourth-order valence-corrected chi connectivity index (χ4v) is 2.51. The fourth-order valence-electron chi connectivity index (χ4n) is 2.51. The topological polar surface area (TPSA) is 52.6 Å². The Hall–Kier alpha value is -2.46. The molecule has 2 aromatic carbocycles. The minimum absolute atomic E-state index is 0.197. The van der Waals surface area contributed by atoms with E-state index in [4.69, 9.17) is 9.47 Å². The average molecular weight is 326 g/mol. The summed E-state index contributed by atoms with van der Waals surface area (Å²) in [4.78, 5) is 24.5. The second-order valence-electron chi connectivity index (χ2n) is 5.88. The molecule has 126 valence electrons. The molecule has 0 radical (unpaired) electrons. The summed E-state index contributed by atoms with van der Waals surface area (Å²) < 4.78 is 10.2. The molecule has 4 nitrogen and oxygen atoms in total. The minimum Gasteiger partial charge on any atom is -0.454 e. The summed E-state index contributed by atoms with van der Waals surface area (Å²) in [6.45, 7) is 6.00. The molecular formula is C20H22O4. The SMILES string of the molecule is COCc1cccc(C(=O)OCC(=O)c2cc(C)c(C)cc2C)c1. The highest BCUT2D eigenvalue weighted by Gasteiger charge is 2.15. The lowest BCUT2D eigenvalue weighted by atomic mass is 9.98. The average Bonchev–Trinajstić information content (AvgIpc) is 2.56. The van der Waals surface area contributed by atoms with Crippen molar-refractivity contribution in [2.24, 2.45) is 0 Å². The largest absolute Gasteiger partial charge is 0.454 e. The summed E-state index contributed by atoms with van der Waals surface area (Å²) in [5.41, 5.74) is 4.95. The van der Waals surface area contributed by atoms with E-state index < -0.39 is 5.97 Å². The van der Waals surface area contributed by atoms with Crippen LogP contribution in [0.25, 0.3) is 0 Å². The summed E-state index contributed by atoms with van der Waals surface area (Å²) in [6, 6.07) is 10.8. The molecular weight excluding hydrogens is 304 g/mol. The number of hydrogen-bond acceptors (Lipinski definition) is 4. The van der Waals surface area contributed by atoms with Gasteiger partial charge in [-0.2, -0.15) is 0 Å². The van der Waals surface area contributed by atoms with E-state index in [1.54, 1.807) is 25.3 Å². The Morgan fingerprint density at radius 2 is 1.67 bits per heavy atom. The summed E-state index contributed by atoms with van der Waals surface area (Å²) in [5.74, 6) is -0.709. The summed E-state index contributed by atoms with van der Waals surface area (Å²) in [7, 11) is 1.59. The third kappa shape index (κ3) is 4.30. The molecule has 0 bridgehead atoms. The Bertz CT molecular complexity index is 762. The molecule has 0 unspecified atom stereocenters. The third-order valence-electron chi connectivity index (χ3n) is 3.95. The molecule has 0 heterocycles. The van der Waals surface area contributed by atoms with Crippen LogP contribution in [0.15, 0.2) is 36.4 Å². The van der Waals surface area contributed by atoms with E-state index in [1.165, 1.54) is 0 Å². The normalized spacial score (nSPS) is 10.5. The smallest absolute Gasteiger partial charge is 0.338 e. The predicted molar refractivity (Wildman–Crippen MR) is 92.4 cm³/mol. The zero-order valence-corrected chi connectivity index (χ0v) is 14.5. The highest BCUT2D eigenvalue weighted by atomic mass is 16.5. The van der Waals surface area contributed by atoms with Crippen molar-refractivity contribution >= 4 is 11.8 Å². The minimum atomic E-state index is -0.511. The standard InChI is InChI=1S/C20H22O4/c1-13-8-15(3)18(9-14(13)2)19(21)12-24-20(22)17-7-5-6-16(10-17)11-23-4/h5-10H,11-12H2,1-4H3. The monoisotopic (exact) mass is 326 g/mol. The van der Waals surface area contributed by atoms with Crippen LogP contribution in [0.4, 0.5) is 0 Å². The molecule has 24 heavy (non-hydrogen) atoms. The molecule has 2 rings (SSSR count). The summed E-state index contributed by atoms with van der Waals surface area (Å²) in [5, 5.41) is 0. The van der Waals surface area contributed by atoms with Gasteiger partial charge in [-0.1, -0.05) is 18.2 Å². The Labute approximate surface area is 142 Å². The first kappa shape index (κ1) is 17.9. The molecule has 0 atom stereocenters. The van der Waals surface area contributed by atoms with Gasteiger partial charge in [0.2, 0.25) is 5.78 Å². The van der Waals surface area contributed by atoms with Gasteiger partial charge in [-0.25, -0.2) is 4.79 Å². The van der Waals surface area contributed by atoms with Crippen LogP contribution in [-0.4, -0.2) is 25.5 Å². The Balaban J connectivity index is 2.05. The molecule has 2 aromatic rings. The number of Topliss-reactive ketones (excluding diaryl/α,β-unsaturated/α-hetero) is 1. The van der Waals surface area contributed by atoms with Crippen molar-refractivity contribution in [3.8, 4) is 0 Å². The van der Waals surface area contributed by atoms with Crippen LogP contribution in [0, 0.1) is 20.8 Å². The molecule has 0 aliphatic carbocycles. The highest BCUT2D eigenvalue weighted by molar-refractivity contribution is 6.00. The number of carbonyl (C=O) groups excluding carboxylic acids is 2. The van der Waals surface area contributed by atoms with Gasteiger partial charge >= 0.3 is 5.97 Å². The van der Waals surface area contributed by atoms with Gasteiger partial charge in [-0.05, 0) is 61.2 Å². The van der Waals surface area contributed by atoms with E-state index in [9.17, 15) is 9.59 Å². The van der Waals surface area contributed by atoms with Crippen LogP contribution < -0.4 is 0 Å². The Kier molecular flexibility index (Phi) is 5.88. The quantitative estimate of drug-likeness (QED) is 0.598. The van der Waals surface area contributed by atoms with Crippen LogP contribution >= 0.6 is 0 Å². The van der Waals surface area contributed by atoms with Crippen LogP contribution in [0.5, 0.6) is 0 Å². The van der Waals surface area contributed by atoms with Crippen molar-refractivity contribution < 1.29 is 19.1 Å². The molecule has 4 heteroatoms. The lowest BCUT2D eigenvalue weighted by molar-refractivity contribution is 0.0474. The van der Waals surface area contributed by atoms with E-state index in [-0.39, 0.29) is 12.4 Å². The van der Waals surface area contributed by atoms with Crippen LogP contribution in [-0.2, 0) is 16.1 Å².